The van der Waals surface area contributed by atoms with Crippen LogP contribution in [0.2, 0.25) is 0 Å². The topological polar surface area (TPSA) is 53.2 Å². The molecule has 1 unspecified atom stereocenters. The minimum atomic E-state index is -0.205. The van der Waals surface area contributed by atoms with E-state index in [1.807, 2.05) is 4.90 Å². The van der Waals surface area contributed by atoms with E-state index in [1.54, 1.807) is 6.20 Å². The Morgan fingerprint density at radius 2 is 2.29 bits per heavy atom. The number of aromatic nitrogens is 1. The summed E-state index contributed by atoms with van der Waals surface area (Å²) in [4.78, 5) is 28.6. The fraction of sp³-hybridized carbons (Fsp3) is 0.538. The summed E-state index contributed by atoms with van der Waals surface area (Å²) in [5, 5.41) is 0. The SMILES string of the molecule is CC(C)C1CCCN1C(=O)c1c[nH]ccc1=O. The van der Waals surface area contributed by atoms with Crippen molar-refractivity contribution >= 4 is 5.91 Å². The third kappa shape index (κ3) is 2.25. The zero-order valence-electron chi connectivity index (χ0n) is 10.3. The quantitative estimate of drug-likeness (QED) is 0.845. The van der Waals surface area contributed by atoms with E-state index < -0.39 is 0 Å². The number of carbonyl (C=O) groups is 1. The summed E-state index contributed by atoms with van der Waals surface area (Å²) in [5.41, 5.74) is 0.0446. The fourth-order valence-corrected chi connectivity index (χ4v) is 2.48. The molecule has 4 nitrogen and oxygen atoms in total. The van der Waals surface area contributed by atoms with Gasteiger partial charge in [-0.3, -0.25) is 9.59 Å². The molecule has 1 aliphatic heterocycles. The number of amides is 1. The van der Waals surface area contributed by atoms with E-state index in [4.69, 9.17) is 0 Å². The van der Waals surface area contributed by atoms with Crippen molar-refractivity contribution in [2.45, 2.75) is 32.7 Å². The first-order valence-corrected chi connectivity index (χ1v) is 6.09. The van der Waals surface area contributed by atoms with Gasteiger partial charge in [-0.15, -0.1) is 0 Å². The van der Waals surface area contributed by atoms with Crippen LogP contribution in [0.1, 0.15) is 37.0 Å². The van der Waals surface area contributed by atoms with Crippen molar-refractivity contribution in [1.82, 2.24) is 9.88 Å². The summed E-state index contributed by atoms with van der Waals surface area (Å²) < 4.78 is 0. The molecule has 0 aliphatic carbocycles. The number of likely N-dealkylation sites (tertiary alicyclic amines) is 1. The number of hydrogen-bond donors (Lipinski definition) is 1. The van der Waals surface area contributed by atoms with Gasteiger partial charge >= 0.3 is 0 Å². The van der Waals surface area contributed by atoms with Crippen LogP contribution >= 0.6 is 0 Å². The zero-order chi connectivity index (χ0) is 12.4. The van der Waals surface area contributed by atoms with Gasteiger partial charge < -0.3 is 9.88 Å². The molecule has 1 saturated heterocycles. The third-order valence-corrected chi connectivity index (χ3v) is 3.38. The molecule has 1 amide bonds. The highest BCUT2D eigenvalue weighted by Gasteiger charge is 2.32. The molecule has 1 N–H and O–H groups in total. The summed E-state index contributed by atoms with van der Waals surface area (Å²) in [6.07, 6.45) is 5.11. The first-order chi connectivity index (χ1) is 8.11. The van der Waals surface area contributed by atoms with Crippen LogP contribution in [-0.2, 0) is 0 Å². The minimum Gasteiger partial charge on any atom is -0.367 e. The van der Waals surface area contributed by atoms with Gasteiger partial charge in [-0.25, -0.2) is 0 Å². The Morgan fingerprint density at radius 1 is 1.53 bits per heavy atom. The van der Waals surface area contributed by atoms with Gasteiger partial charge in [0.25, 0.3) is 5.91 Å². The van der Waals surface area contributed by atoms with E-state index in [-0.39, 0.29) is 22.9 Å². The monoisotopic (exact) mass is 234 g/mol. The molecule has 1 aromatic rings. The van der Waals surface area contributed by atoms with E-state index in [9.17, 15) is 9.59 Å². The molecule has 0 spiro atoms. The van der Waals surface area contributed by atoms with E-state index >= 15 is 0 Å². The van der Waals surface area contributed by atoms with Crippen LogP contribution in [0.3, 0.4) is 0 Å². The number of nitrogens with zero attached hydrogens (tertiary/aromatic N) is 1. The van der Waals surface area contributed by atoms with Crippen LogP contribution in [-0.4, -0.2) is 28.4 Å². The second-order valence-corrected chi connectivity index (χ2v) is 4.87. The lowest BCUT2D eigenvalue weighted by Crippen LogP contribution is -2.40. The van der Waals surface area contributed by atoms with E-state index in [1.165, 1.54) is 12.3 Å². The van der Waals surface area contributed by atoms with Gasteiger partial charge in [0, 0.05) is 31.0 Å². The highest BCUT2D eigenvalue weighted by atomic mass is 16.2. The lowest BCUT2D eigenvalue weighted by atomic mass is 10.0. The van der Waals surface area contributed by atoms with E-state index in [2.05, 4.69) is 18.8 Å². The summed E-state index contributed by atoms with van der Waals surface area (Å²) in [6, 6.07) is 1.66. The number of rotatable bonds is 2. The Bertz CT molecular complexity index is 464. The zero-order valence-corrected chi connectivity index (χ0v) is 10.3. The van der Waals surface area contributed by atoms with Crippen molar-refractivity contribution in [2.75, 3.05) is 6.54 Å². The molecule has 0 bridgehead atoms. The van der Waals surface area contributed by atoms with E-state index in [0.29, 0.717) is 5.92 Å². The second kappa shape index (κ2) is 4.73. The number of nitrogens with one attached hydrogen (secondary N) is 1. The number of H-pyrrole nitrogens is 1. The molecule has 2 rings (SSSR count). The Balaban J connectivity index is 2.26. The lowest BCUT2D eigenvalue weighted by Gasteiger charge is -2.27. The van der Waals surface area contributed by atoms with Gasteiger partial charge in [0.1, 0.15) is 5.56 Å². The molecular weight excluding hydrogens is 216 g/mol. The molecule has 1 fully saturated rings. The Kier molecular flexibility index (Phi) is 3.31. The number of aromatic amines is 1. The highest BCUT2D eigenvalue weighted by Crippen LogP contribution is 2.24. The largest absolute Gasteiger partial charge is 0.367 e. The van der Waals surface area contributed by atoms with Crippen LogP contribution in [0.5, 0.6) is 0 Å². The molecular formula is C13H18N2O2. The number of carbonyl (C=O) groups excluding carboxylic acids is 1. The van der Waals surface area contributed by atoms with Crippen LogP contribution in [0.15, 0.2) is 23.3 Å². The number of hydrogen-bond acceptors (Lipinski definition) is 2. The first-order valence-electron chi connectivity index (χ1n) is 6.09. The average Bonchev–Trinajstić information content (AvgIpc) is 2.77. The molecule has 92 valence electrons. The van der Waals surface area contributed by atoms with E-state index in [0.717, 1.165) is 19.4 Å². The van der Waals surface area contributed by atoms with Gasteiger partial charge in [0.15, 0.2) is 5.43 Å². The highest BCUT2D eigenvalue weighted by molar-refractivity contribution is 5.94. The normalized spacial score (nSPS) is 19.9. The standard InChI is InChI=1S/C13H18N2O2/c1-9(2)11-4-3-7-15(11)13(17)10-8-14-6-5-12(10)16/h5-6,8-9,11H,3-4,7H2,1-2H3,(H,14,16). The van der Waals surface area contributed by atoms with Gasteiger partial charge in [-0.2, -0.15) is 0 Å². The third-order valence-electron chi connectivity index (χ3n) is 3.38. The Hall–Kier alpha value is -1.58. The summed E-state index contributed by atoms with van der Waals surface area (Å²) in [7, 11) is 0. The fourth-order valence-electron chi connectivity index (χ4n) is 2.48. The summed E-state index contributed by atoms with van der Waals surface area (Å²) in [6.45, 7) is 4.99. The average molecular weight is 234 g/mol. The molecule has 1 aromatic heterocycles. The molecule has 1 atom stereocenters. The van der Waals surface area contributed by atoms with Crippen molar-refractivity contribution in [2.24, 2.45) is 5.92 Å². The van der Waals surface area contributed by atoms with Crippen molar-refractivity contribution in [3.8, 4) is 0 Å². The molecule has 1 aliphatic rings. The molecule has 0 saturated carbocycles. The predicted molar refractivity (Wildman–Crippen MR) is 66.0 cm³/mol. The Morgan fingerprint density at radius 3 is 2.94 bits per heavy atom. The van der Waals surface area contributed by atoms with Crippen molar-refractivity contribution in [3.05, 3.63) is 34.2 Å². The maximum absolute atomic E-state index is 12.3. The van der Waals surface area contributed by atoms with Crippen LogP contribution in [0, 0.1) is 5.92 Å². The minimum absolute atomic E-state index is 0.136. The first kappa shape index (κ1) is 11.9. The molecule has 2 heterocycles. The molecule has 4 heteroatoms. The molecule has 0 aromatic carbocycles. The lowest BCUT2D eigenvalue weighted by molar-refractivity contribution is 0.0700. The maximum Gasteiger partial charge on any atom is 0.259 e. The van der Waals surface area contributed by atoms with Crippen LogP contribution in [0.25, 0.3) is 0 Å². The van der Waals surface area contributed by atoms with Gasteiger partial charge in [0.2, 0.25) is 0 Å². The second-order valence-electron chi connectivity index (χ2n) is 4.87. The number of pyridine rings is 1. The summed E-state index contributed by atoms with van der Waals surface area (Å²) >= 11 is 0. The van der Waals surface area contributed by atoms with Crippen LogP contribution < -0.4 is 5.43 Å². The van der Waals surface area contributed by atoms with Crippen LogP contribution in [0.4, 0.5) is 0 Å². The van der Waals surface area contributed by atoms with Crippen molar-refractivity contribution in [3.63, 3.8) is 0 Å². The van der Waals surface area contributed by atoms with Gasteiger partial charge in [-0.1, -0.05) is 13.8 Å². The summed E-state index contributed by atoms with van der Waals surface area (Å²) in [5.74, 6) is 0.298. The van der Waals surface area contributed by atoms with Crippen molar-refractivity contribution in [1.29, 1.82) is 0 Å². The molecule has 17 heavy (non-hydrogen) atoms. The molecule has 0 radical (unpaired) electrons. The van der Waals surface area contributed by atoms with Gasteiger partial charge in [0.05, 0.1) is 0 Å². The smallest absolute Gasteiger partial charge is 0.259 e. The van der Waals surface area contributed by atoms with Crippen molar-refractivity contribution < 1.29 is 4.79 Å². The van der Waals surface area contributed by atoms with Gasteiger partial charge in [-0.05, 0) is 18.8 Å². The Labute approximate surface area is 101 Å². The maximum atomic E-state index is 12.3. The predicted octanol–water partition coefficient (Wildman–Crippen LogP) is 1.64.